The number of piperazine rings is 1. The number of hydrogen-bond acceptors (Lipinski definition) is 4. The van der Waals surface area contributed by atoms with Gasteiger partial charge in [0.05, 0.1) is 11.9 Å². The van der Waals surface area contributed by atoms with Crippen molar-refractivity contribution in [3.05, 3.63) is 24.0 Å². The molecule has 4 amide bonds. The smallest absolute Gasteiger partial charge is 0.306 e. The summed E-state index contributed by atoms with van der Waals surface area (Å²) in [4.78, 5) is 41.3. The number of anilines is 1. The Hall–Kier alpha value is -2.65. The number of halogens is 3. The van der Waals surface area contributed by atoms with Crippen molar-refractivity contribution in [2.24, 2.45) is 0 Å². The zero-order chi connectivity index (χ0) is 18.9. The fourth-order valence-corrected chi connectivity index (χ4v) is 3.43. The lowest BCUT2D eigenvalue weighted by atomic mass is 9.78. The van der Waals surface area contributed by atoms with Crippen LogP contribution in [-0.2, 0) is 15.8 Å². The van der Waals surface area contributed by atoms with Crippen molar-refractivity contribution in [1.29, 1.82) is 0 Å². The number of alkyl halides is 3. The van der Waals surface area contributed by atoms with Crippen LogP contribution in [0.25, 0.3) is 0 Å². The third-order valence-electron chi connectivity index (χ3n) is 4.73. The second-order valence-electron chi connectivity index (χ2n) is 6.42. The molecule has 1 aliphatic carbocycles. The topological polar surface area (TPSA) is 91.4 Å². The molecule has 0 aromatic carbocycles. The van der Waals surface area contributed by atoms with Gasteiger partial charge in [0.15, 0.2) is 0 Å². The molecule has 1 aromatic rings. The van der Waals surface area contributed by atoms with Crippen molar-refractivity contribution in [3.63, 3.8) is 0 Å². The molecule has 2 N–H and O–H groups in total. The lowest BCUT2D eigenvalue weighted by Gasteiger charge is -2.46. The van der Waals surface area contributed by atoms with Crippen LogP contribution in [0.1, 0.15) is 37.8 Å². The summed E-state index contributed by atoms with van der Waals surface area (Å²) in [6, 6.07) is 1.12. The van der Waals surface area contributed by atoms with E-state index >= 15 is 0 Å². The van der Waals surface area contributed by atoms with Crippen molar-refractivity contribution >= 4 is 23.5 Å². The summed E-state index contributed by atoms with van der Waals surface area (Å²) in [6.45, 7) is -0.286. The molecule has 1 aromatic heterocycles. The maximum absolute atomic E-state index is 12.6. The summed E-state index contributed by atoms with van der Waals surface area (Å²) in [5.74, 6) is -1.10. The van der Waals surface area contributed by atoms with Gasteiger partial charge in [-0.25, -0.2) is 9.78 Å². The lowest BCUT2D eigenvalue weighted by Crippen LogP contribution is -2.69. The molecule has 0 radical (unpaired) electrons. The summed E-state index contributed by atoms with van der Waals surface area (Å²) in [6.07, 6.45) is -0.399. The molecule has 2 aliphatic rings. The molecule has 7 nitrogen and oxygen atoms in total. The van der Waals surface area contributed by atoms with Crippen LogP contribution in [-0.4, -0.2) is 39.8 Å². The van der Waals surface area contributed by atoms with Gasteiger partial charge >= 0.3 is 12.2 Å². The largest absolute Gasteiger partial charge is 0.433 e. The van der Waals surface area contributed by atoms with Crippen LogP contribution in [0, 0.1) is 0 Å². The highest BCUT2D eigenvalue weighted by molar-refractivity contribution is 6.08. The molecule has 26 heavy (non-hydrogen) atoms. The Bertz CT molecular complexity index is 727. The minimum Gasteiger partial charge on any atom is -0.306 e. The zero-order valence-electron chi connectivity index (χ0n) is 13.7. The third-order valence-corrected chi connectivity index (χ3v) is 4.73. The highest BCUT2D eigenvalue weighted by Crippen LogP contribution is 2.36. The second-order valence-corrected chi connectivity index (χ2v) is 6.42. The van der Waals surface area contributed by atoms with E-state index in [9.17, 15) is 27.6 Å². The van der Waals surface area contributed by atoms with E-state index in [0.717, 1.165) is 37.6 Å². The first kappa shape index (κ1) is 18.2. The normalized spacial score (nSPS) is 20.0. The van der Waals surface area contributed by atoms with Gasteiger partial charge in [-0.3, -0.25) is 14.9 Å². The number of nitrogens with one attached hydrogen (secondary N) is 2. The molecule has 2 fully saturated rings. The van der Waals surface area contributed by atoms with Crippen LogP contribution in [0.4, 0.5) is 23.7 Å². The minimum absolute atomic E-state index is 0.0485. The summed E-state index contributed by atoms with van der Waals surface area (Å²) in [5, 5.41) is 4.70. The Morgan fingerprint density at radius 3 is 2.46 bits per heavy atom. The standard InChI is InChI=1S/C16H17F3N4O3/c17-16(18,19)11-5-4-10(8-20-11)21-14(26)23-9-12(24)22-13(25)15(23)6-2-1-3-7-15/h4-5,8H,1-3,6-7,9H2,(H,21,26)(H,22,24,25). The van der Waals surface area contributed by atoms with Crippen LogP contribution < -0.4 is 10.6 Å². The number of imide groups is 1. The van der Waals surface area contributed by atoms with Crippen molar-refractivity contribution in [3.8, 4) is 0 Å². The Morgan fingerprint density at radius 1 is 1.19 bits per heavy atom. The zero-order valence-corrected chi connectivity index (χ0v) is 13.7. The van der Waals surface area contributed by atoms with E-state index in [0.29, 0.717) is 12.8 Å². The molecule has 10 heteroatoms. The van der Waals surface area contributed by atoms with E-state index in [1.807, 2.05) is 0 Å². The minimum atomic E-state index is -4.58. The average molecular weight is 370 g/mol. The third kappa shape index (κ3) is 3.35. The van der Waals surface area contributed by atoms with E-state index in [1.165, 1.54) is 4.90 Å². The quantitative estimate of drug-likeness (QED) is 0.742. The lowest BCUT2D eigenvalue weighted by molar-refractivity contribution is -0.146. The molecule has 140 valence electrons. The van der Waals surface area contributed by atoms with Gasteiger partial charge in [-0.2, -0.15) is 13.2 Å². The Labute approximate surface area is 146 Å². The first-order valence-corrected chi connectivity index (χ1v) is 8.18. The molecule has 1 saturated heterocycles. The van der Waals surface area contributed by atoms with Crippen LogP contribution >= 0.6 is 0 Å². The summed E-state index contributed by atoms with van der Waals surface area (Å²) < 4.78 is 37.7. The fourth-order valence-electron chi connectivity index (χ4n) is 3.43. The molecule has 1 aliphatic heterocycles. The number of carbonyl (C=O) groups is 3. The van der Waals surface area contributed by atoms with Crippen LogP contribution in [0.3, 0.4) is 0 Å². The van der Waals surface area contributed by atoms with Gasteiger partial charge in [-0.1, -0.05) is 19.3 Å². The average Bonchev–Trinajstić information content (AvgIpc) is 2.59. The second kappa shape index (κ2) is 6.58. The van der Waals surface area contributed by atoms with Crippen LogP contribution in [0.5, 0.6) is 0 Å². The van der Waals surface area contributed by atoms with E-state index in [2.05, 4.69) is 15.6 Å². The Morgan fingerprint density at radius 2 is 1.88 bits per heavy atom. The van der Waals surface area contributed by atoms with E-state index in [-0.39, 0.29) is 12.2 Å². The summed E-state index contributed by atoms with van der Waals surface area (Å²) in [7, 11) is 0. The molecule has 1 spiro atoms. The van der Waals surface area contributed by atoms with Gasteiger partial charge < -0.3 is 10.2 Å². The van der Waals surface area contributed by atoms with E-state index < -0.39 is 35.3 Å². The maximum Gasteiger partial charge on any atom is 0.433 e. The van der Waals surface area contributed by atoms with Gasteiger partial charge in [-0.15, -0.1) is 0 Å². The predicted molar refractivity (Wildman–Crippen MR) is 83.9 cm³/mol. The molecular formula is C16H17F3N4O3. The van der Waals surface area contributed by atoms with Crippen molar-refractivity contribution < 1.29 is 27.6 Å². The Kier molecular flexibility index (Phi) is 4.59. The Balaban J connectivity index is 1.80. The van der Waals surface area contributed by atoms with E-state index in [1.54, 1.807) is 0 Å². The molecular weight excluding hydrogens is 353 g/mol. The fraction of sp³-hybridized carbons (Fsp3) is 0.500. The van der Waals surface area contributed by atoms with Gasteiger partial charge in [-0.05, 0) is 25.0 Å². The first-order valence-electron chi connectivity index (χ1n) is 8.18. The van der Waals surface area contributed by atoms with Gasteiger partial charge in [0.1, 0.15) is 17.8 Å². The SMILES string of the molecule is O=C1CN(C(=O)Nc2ccc(C(F)(F)F)nc2)C2(CCCCC2)C(=O)N1. The molecule has 1 saturated carbocycles. The highest BCUT2D eigenvalue weighted by Gasteiger charge is 2.51. The summed E-state index contributed by atoms with van der Waals surface area (Å²) >= 11 is 0. The number of amides is 4. The number of carbonyl (C=O) groups excluding carboxylic acids is 3. The monoisotopic (exact) mass is 370 g/mol. The van der Waals surface area contributed by atoms with Crippen LogP contribution in [0.15, 0.2) is 18.3 Å². The number of pyridine rings is 1. The first-order chi connectivity index (χ1) is 12.2. The van der Waals surface area contributed by atoms with Crippen molar-refractivity contribution in [2.45, 2.75) is 43.8 Å². The molecule has 2 heterocycles. The number of nitrogens with zero attached hydrogens (tertiary/aromatic N) is 2. The van der Waals surface area contributed by atoms with Gasteiger partial charge in [0.25, 0.3) is 5.91 Å². The van der Waals surface area contributed by atoms with E-state index in [4.69, 9.17) is 0 Å². The number of hydrogen-bond donors (Lipinski definition) is 2. The number of rotatable bonds is 1. The number of aromatic nitrogens is 1. The number of urea groups is 1. The highest BCUT2D eigenvalue weighted by atomic mass is 19.4. The van der Waals surface area contributed by atoms with Gasteiger partial charge in [0, 0.05) is 0 Å². The molecule has 0 atom stereocenters. The maximum atomic E-state index is 12.6. The van der Waals surface area contributed by atoms with Crippen molar-refractivity contribution in [1.82, 2.24) is 15.2 Å². The molecule has 0 bridgehead atoms. The van der Waals surface area contributed by atoms with Crippen molar-refractivity contribution in [2.75, 3.05) is 11.9 Å². The summed E-state index contributed by atoms with van der Waals surface area (Å²) in [5.41, 5.74) is -2.13. The predicted octanol–water partition coefficient (Wildman–Crippen LogP) is 2.29. The van der Waals surface area contributed by atoms with Crippen LogP contribution in [0.2, 0.25) is 0 Å². The molecule has 3 rings (SSSR count). The molecule has 0 unspecified atom stereocenters. The van der Waals surface area contributed by atoms with Gasteiger partial charge in [0.2, 0.25) is 5.91 Å².